The number of hydrogen-bond acceptors (Lipinski definition) is 6. The molecule has 1 fully saturated rings. The van der Waals surface area contributed by atoms with Gasteiger partial charge in [0.2, 0.25) is 12.3 Å². The minimum absolute atomic E-state index is 0.0977. The number of amidine groups is 1. The standard InChI is InChI=1S/C36H42ClFN6O4/c1-9-30(46)42-17-18-43(23(4)20-42)33(39-8)26-19-27(37)31(25-13-10-11-15-28(25)38)41-34(26)44(21-45)32-24(22(2)3)14-12-16-29(32)40-35(47)48-36(5,6)7/h9-16,19,21-23H,1,17-18,20H2,2-8H3,(H,40,47)/b39-33+. The molecule has 10 nitrogen and oxygen atoms in total. The van der Waals surface area contributed by atoms with Crippen LogP contribution in [0.25, 0.3) is 11.3 Å². The topological polar surface area (TPSA) is 107 Å². The predicted octanol–water partition coefficient (Wildman–Crippen LogP) is 7.40. The van der Waals surface area contributed by atoms with Crippen molar-refractivity contribution in [1.29, 1.82) is 0 Å². The number of halogens is 2. The zero-order valence-electron chi connectivity index (χ0n) is 28.4. The molecule has 1 aliphatic rings. The number of aromatic nitrogens is 1. The van der Waals surface area contributed by atoms with Gasteiger partial charge in [-0.3, -0.25) is 24.8 Å². The summed E-state index contributed by atoms with van der Waals surface area (Å²) in [6.07, 6.45) is 1.18. The summed E-state index contributed by atoms with van der Waals surface area (Å²) in [6.45, 7) is 16.0. The van der Waals surface area contributed by atoms with E-state index in [-0.39, 0.29) is 40.0 Å². The number of ether oxygens (including phenoxy) is 1. The smallest absolute Gasteiger partial charge is 0.412 e. The van der Waals surface area contributed by atoms with Crippen LogP contribution in [-0.4, -0.2) is 77.4 Å². The van der Waals surface area contributed by atoms with Crippen molar-refractivity contribution in [2.75, 3.05) is 36.9 Å². The van der Waals surface area contributed by atoms with E-state index in [4.69, 9.17) is 21.3 Å². The van der Waals surface area contributed by atoms with Gasteiger partial charge < -0.3 is 14.5 Å². The Balaban J connectivity index is 1.97. The number of amides is 3. The number of hydrogen-bond donors (Lipinski definition) is 1. The lowest BCUT2D eigenvalue weighted by atomic mass is 9.98. The fraction of sp³-hybridized carbons (Fsp3) is 0.361. The highest BCUT2D eigenvalue weighted by Gasteiger charge is 2.33. The molecule has 0 spiro atoms. The third-order valence-electron chi connectivity index (χ3n) is 7.82. The molecule has 1 atom stereocenters. The van der Waals surface area contributed by atoms with Crippen LogP contribution in [-0.2, 0) is 14.3 Å². The van der Waals surface area contributed by atoms with E-state index >= 15 is 4.39 Å². The van der Waals surface area contributed by atoms with Gasteiger partial charge in [0, 0.05) is 38.3 Å². The lowest BCUT2D eigenvalue weighted by molar-refractivity contribution is -0.128. The van der Waals surface area contributed by atoms with E-state index in [9.17, 15) is 14.4 Å². The molecule has 2 heterocycles. The molecular weight excluding hydrogens is 635 g/mol. The van der Waals surface area contributed by atoms with Gasteiger partial charge in [0.1, 0.15) is 17.3 Å². The van der Waals surface area contributed by atoms with Gasteiger partial charge in [-0.25, -0.2) is 14.2 Å². The van der Waals surface area contributed by atoms with E-state index in [1.807, 2.05) is 31.7 Å². The van der Waals surface area contributed by atoms with Crippen molar-refractivity contribution in [3.05, 3.63) is 83.2 Å². The second-order valence-corrected chi connectivity index (χ2v) is 13.2. The summed E-state index contributed by atoms with van der Waals surface area (Å²) >= 11 is 6.86. The van der Waals surface area contributed by atoms with Crippen LogP contribution in [0, 0.1) is 5.82 Å². The monoisotopic (exact) mass is 676 g/mol. The molecule has 0 radical (unpaired) electrons. The van der Waals surface area contributed by atoms with Crippen LogP contribution in [0.15, 0.2) is 66.2 Å². The fourth-order valence-electron chi connectivity index (χ4n) is 5.69. The Hall–Kier alpha value is -4.77. The number of benzene rings is 2. The molecule has 0 saturated carbocycles. The Labute approximate surface area is 286 Å². The molecule has 1 N–H and O–H groups in total. The van der Waals surface area contributed by atoms with Crippen molar-refractivity contribution in [2.45, 2.75) is 59.1 Å². The molecule has 3 amide bonds. The molecule has 1 aromatic heterocycles. The predicted molar refractivity (Wildman–Crippen MR) is 189 cm³/mol. The van der Waals surface area contributed by atoms with E-state index in [1.54, 1.807) is 69.1 Å². The van der Waals surface area contributed by atoms with Gasteiger partial charge in [-0.15, -0.1) is 0 Å². The quantitative estimate of drug-likeness (QED) is 0.115. The number of carbonyl (C=O) groups excluding carboxylic acids is 3. The first-order valence-electron chi connectivity index (χ1n) is 15.7. The third-order valence-corrected chi connectivity index (χ3v) is 8.11. The highest BCUT2D eigenvalue weighted by atomic mass is 35.5. The Morgan fingerprint density at radius 1 is 1.19 bits per heavy atom. The number of carbonyl (C=O) groups is 3. The molecule has 12 heteroatoms. The van der Waals surface area contributed by atoms with E-state index in [0.29, 0.717) is 48.8 Å². The van der Waals surface area contributed by atoms with Crippen molar-refractivity contribution < 1.29 is 23.5 Å². The van der Waals surface area contributed by atoms with E-state index in [0.717, 1.165) is 5.56 Å². The zero-order valence-corrected chi connectivity index (χ0v) is 29.1. The second kappa shape index (κ2) is 15.0. The molecular formula is C36H42ClFN6O4. The summed E-state index contributed by atoms with van der Waals surface area (Å²) in [5, 5.41) is 2.95. The number of nitrogens with one attached hydrogen (secondary N) is 1. The van der Waals surface area contributed by atoms with Crippen molar-refractivity contribution in [1.82, 2.24) is 14.8 Å². The van der Waals surface area contributed by atoms with Crippen molar-refractivity contribution in [3.63, 3.8) is 0 Å². The number of pyridine rings is 1. The Morgan fingerprint density at radius 3 is 2.48 bits per heavy atom. The van der Waals surface area contributed by atoms with Crippen molar-refractivity contribution in [3.8, 4) is 11.3 Å². The molecule has 1 aliphatic heterocycles. The Kier molecular flexibility index (Phi) is 11.3. The largest absolute Gasteiger partial charge is 0.444 e. The molecule has 3 aromatic rings. The third kappa shape index (κ3) is 7.84. The Morgan fingerprint density at radius 2 is 1.90 bits per heavy atom. The number of para-hydroxylation sites is 1. The van der Waals surface area contributed by atoms with E-state index in [2.05, 4.69) is 16.9 Å². The lowest BCUT2D eigenvalue weighted by Crippen LogP contribution is -2.55. The van der Waals surface area contributed by atoms with E-state index < -0.39 is 17.5 Å². The van der Waals surface area contributed by atoms with Crippen LogP contribution >= 0.6 is 11.6 Å². The maximum atomic E-state index is 15.2. The van der Waals surface area contributed by atoms with Gasteiger partial charge in [-0.1, -0.05) is 56.3 Å². The first-order chi connectivity index (χ1) is 22.7. The highest BCUT2D eigenvalue weighted by molar-refractivity contribution is 6.33. The lowest BCUT2D eigenvalue weighted by Gasteiger charge is -2.41. The van der Waals surface area contributed by atoms with Gasteiger partial charge in [0.05, 0.1) is 27.7 Å². The summed E-state index contributed by atoms with van der Waals surface area (Å²) in [7, 11) is 1.62. The first-order valence-corrected chi connectivity index (χ1v) is 16.1. The number of aliphatic imine (C=N–C) groups is 1. The summed E-state index contributed by atoms with van der Waals surface area (Å²) in [6, 6.07) is 12.8. The first kappa shape index (κ1) is 36.1. The van der Waals surface area contributed by atoms with Gasteiger partial charge in [0.15, 0.2) is 5.82 Å². The van der Waals surface area contributed by atoms with Crippen LogP contribution in [0.2, 0.25) is 5.02 Å². The minimum atomic E-state index is -0.771. The molecule has 1 saturated heterocycles. The van der Waals surface area contributed by atoms with Crippen LogP contribution < -0.4 is 10.2 Å². The molecule has 4 rings (SSSR count). The summed E-state index contributed by atoms with van der Waals surface area (Å²) in [4.78, 5) is 53.3. The minimum Gasteiger partial charge on any atom is -0.444 e. The van der Waals surface area contributed by atoms with Gasteiger partial charge in [-0.2, -0.15) is 0 Å². The van der Waals surface area contributed by atoms with E-state index in [1.165, 1.54) is 17.0 Å². The molecule has 48 heavy (non-hydrogen) atoms. The SMILES string of the molecule is C=CC(=O)N1CCN(/C(=N/C)c2cc(Cl)c(-c3ccccc3F)nc2N(C=O)c2c(NC(=O)OC(C)(C)C)cccc2C(C)C)C(C)C1. The van der Waals surface area contributed by atoms with Crippen LogP contribution in [0.1, 0.15) is 58.6 Å². The zero-order chi connectivity index (χ0) is 35.3. The Bertz CT molecular complexity index is 1740. The summed E-state index contributed by atoms with van der Waals surface area (Å²) < 4.78 is 20.7. The second-order valence-electron chi connectivity index (χ2n) is 12.7. The molecule has 2 aromatic carbocycles. The molecule has 254 valence electrons. The number of nitrogens with zero attached hydrogens (tertiary/aromatic N) is 5. The average Bonchev–Trinajstić information content (AvgIpc) is 3.02. The molecule has 0 bridgehead atoms. The van der Waals surface area contributed by atoms with Crippen molar-refractivity contribution in [2.24, 2.45) is 4.99 Å². The molecule has 1 unspecified atom stereocenters. The summed E-state index contributed by atoms with van der Waals surface area (Å²) in [5.74, 6) is -0.226. The number of anilines is 3. The highest BCUT2D eigenvalue weighted by Crippen LogP contribution is 2.42. The number of rotatable bonds is 8. The van der Waals surface area contributed by atoms with Crippen LogP contribution in [0.5, 0.6) is 0 Å². The maximum Gasteiger partial charge on any atom is 0.412 e. The number of piperazine rings is 1. The van der Waals surface area contributed by atoms with Gasteiger partial charge in [-0.05, 0) is 69.5 Å². The van der Waals surface area contributed by atoms with Crippen molar-refractivity contribution >= 4 is 53.0 Å². The average molecular weight is 677 g/mol. The molecule has 0 aliphatic carbocycles. The van der Waals surface area contributed by atoms with Gasteiger partial charge >= 0.3 is 6.09 Å². The van der Waals surface area contributed by atoms with Crippen LogP contribution in [0.4, 0.5) is 26.4 Å². The maximum absolute atomic E-state index is 15.2. The normalized spacial score (nSPS) is 15.3. The van der Waals surface area contributed by atoms with Crippen LogP contribution in [0.3, 0.4) is 0 Å². The van der Waals surface area contributed by atoms with Gasteiger partial charge in [0.25, 0.3) is 0 Å². The fourth-order valence-corrected chi connectivity index (χ4v) is 5.95. The summed E-state index contributed by atoms with van der Waals surface area (Å²) in [5.41, 5.74) is 1.27.